The van der Waals surface area contributed by atoms with Gasteiger partial charge in [-0.1, -0.05) is 60.7 Å². The fraction of sp³-hybridized carbons (Fsp3) is 0.320. The molecule has 1 fully saturated rings. The van der Waals surface area contributed by atoms with Crippen LogP contribution < -0.4 is 5.32 Å². The van der Waals surface area contributed by atoms with E-state index in [2.05, 4.69) is 85.8 Å². The minimum Gasteiger partial charge on any atom is -0.353 e. The molecule has 3 heterocycles. The first kappa shape index (κ1) is 19.7. The second-order valence-electron chi connectivity index (χ2n) is 8.52. The zero-order valence-corrected chi connectivity index (χ0v) is 17.9. The van der Waals surface area contributed by atoms with Crippen LogP contribution in [-0.4, -0.2) is 44.1 Å². The van der Waals surface area contributed by atoms with Crippen LogP contribution in [0.4, 0.5) is 5.95 Å². The summed E-state index contributed by atoms with van der Waals surface area (Å²) >= 11 is 0. The van der Waals surface area contributed by atoms with Crippen molar-refractivity contribution in [3.63, 3.8) is 0 Å². The molecule has 6 nitrogen and oxygen atoms in total. The largest absolute Gasteiger partial charge is 0.353 e. The lowest BCUT2D eigenvalue weighted by atomic mass is 9.72. The first-order chi connectivity index (χ1) is 15.2. The molecule has 0 atom stereocenters. The number of imidazole rings is 1. The second-order valence-corrected chi connectivity index (χ2v) is 8.52. The normalized spacial score (nSPS) is 16.4. The Morgan fingerprint density at radius 2 is 1.65 bits per heavy atom. The molecule has 0 bridgehead atoms. The number of rotatable bonds is 6. The van der Waals surface area contributed by atoms with Gasteiger partial charge in [-0.05, 0) is 37.1 Å². The van der Waals surface area contributed by atoms with Crippen LogP contribution in [-0.2, 0) is 19.0 Å². The molecule has 0 spiro atoms. The van der Waals surface area contributed by atoms with Crippen molar-refractivity contribution in [3.05, 3.63) is 84.3 Å². The molecule has 0 radical (unpaired) electrons. The summed E-state index contributed by atoms with van der Waals surface area (Å²) in [7, 11) is 1.96. The lowest BCUT2D eigenvalue weighted by Crippen LogP contribution is -2.46. The van der Waals surface area contributed by atoms with E-state index in [9.17, 15) is 0 Å². The SMILES string of the molecule is Cn1cnc2nc(NCC3(c4ccccc4)CCN(Cc4ccccc4)CC3)ncc21. The molecule has 4 aromatic rings. The Morgan fingerprint density at radius 1 is 0.935 bits per heavy atom. The molecule has 1 saturated heterocycles. The van der Waals surface area contributed by atoms with Gasteiger partial charge < -0.3 is 9.88 Å². The molecule has 1 aliphatic heterocycles. The van der Waals surface area contributed by atoms with Crippen molar-refractivity contribution in [2.75, 3.05) is 25.0 Å². The average molecular weight is 413 g/mol. The van der Waals surface area contributed by atoms with E-state index < -0.39 is 0 Å². The zero-order valence-electron chi connectivity index (χ0n) is 17.9. The van der Waals surface area contributed by atoms with Gasteiger partial charge in [0.1, 0.15) is 5.52 Å². The summed E-state index contributed by atoms with van der Waals surface area (Å²) in [6.07, 6.45) is 5.82. The van der Waals surface area contributed by atoms with Crippen LogP contribution in [0.1, 0.15) is 24.0 Å². The first-order valence-corrected chi connectivity index (χ1v) is 10.9. The quantitative estimate of drug-likeness (QED) is 0.519. The Kier molecular flexibility index (Phi) is 5.38. The molecular formula is C25H28N6. The molecule has 31 heavy (non-hydrogen) atoms. The molecule has 0 aliphatic carbocycles. The summed E-state index contributed by atoms with van der Waals surface area (Å²) in [5, 5.41) is 3.53. The van der Waals surface area contributed by atoms with Crippen molar-refractivity contribution < 1.29 is 0 Å². The number of nitrogens with zero attached hydrogens (tertiary/aromatic N) is 5. The van der Waals surface area contributed by atoms with Crippen molar-refractivity contribution in [1.82, 2.24) is 24.4 Å². The predicted octanol–water partition coefficient (Wildman–Crippen LogP) is 4.01. The number of aromatic nitrogens is 4. The summed E-state index contributed by atoms with van der Waals surface area (Å²) in [5.41, 5.74) is 4.51. The molecular weight excluding hydrogens is 384 g/mol. The molecule has 1 aliphatic rings. The lowest BCUT2D eigenvalue weighted by molar-refractivity contribution is 0.158. The number of benzene rings is 2. The predicted molar refractivity (Wildman–Crippen MR) is 124 cm³/mol. The number of aryl methyl sites for hydroxylation is 1. The number of piperidine rings is 1. The van der Waals surface area contributed by atoms with Gasteiger partial charge in [-0.2, -0.15) is 4.98 Å². The van der Waals surface area contributed by atoms with Gasteiger partial charge in [0, 0.05) is 25.6 Å². The maximum absolute atomic E-state index is 4.61. The van der Waals surface area contributed by atoms with Gasteiger partial charge >= 0.3 is 0 Å². The molecule has 158 valence electrons. The van der Waals surface area contributed by atoms with Crippen LogP contribution >= 0.6 is 0 Å². The third-order valence-corrected chi connectivity index (χ3v) is 6.52. The summed E-state index contributed by atoms with van der Waals surface area (Å²) < 4.78 is 1.94. The van der Waals surface area contributed by atoms with Crippen LogP contribution in [0.5, 0.6) is 0 Å². The van der Waals surface area contributed by atoms with Crippen molar-refractivity contribution in [1.29, 1.82) is 0 Å². The number of likely N-dealkylation sites (tertiary alicyclic amines) is 1. The Morgan fingerprint density at radius 3 is 2.39 bits per heavy atom. The fourth-order valence-corrected chi connectivity index (χ4v) is 4.59. The van der Waals surface area contributed by atoms with Crippen molar-refractivity contribution in [2.45, 2.75) is 24.8 Å². The lowest BCUT2D eigenvalue weighted by Gasteiger charge is -2.42. The first-order valence-electron chi connectivity index (χ1n) is 10.9. The number of fused-ring (bicyclic) bond motifs is 1. The van der Waals surface area contributed by atoms with Crippen molar-refractivity contribution in [2.24, 2.45) is 7.05 Å². The molecule has 2 aromatic carbocycles. The van der Waals surface area contributed by atoms with Crippen LogP contribution in [0.15, 0.2) is 73.2 Å². The molecule has 5 rings (SSSR count). The van der Waals surface area contributed by atoms with Gasteiger partial charge in [0.15, 0.2) is 5.65 Å². The Balaban J connectivity index is 1.32. The minimum absolute atomic E-state index is 0.0664. The molecule has 0 amide bonds. The minimum atomic E-state index is 0.0664. The van der Waals surface area contributed by atoms with E-state index in [0.29, 0.717) is 5.95 Å². The van der Waals surface area contributed by atoms with E-state index in [1.165, 1.54) is 11.1 Å². The Hall–Kier alpha value is -3.25. The summed E-state index contributed by atoms with van der Waals surface area (Å²) in [5.74, 6) is 0.647. The monoisotopic (exact) mass is 412 g/mol. The van der Waals surface area contributed by atoms with E-state index in [4.69, 9.17) is 0 Å². The average Bonchev–Trinajstić information content (AvgIpc) is 3.20. The van der Waals surface area contributed by atoms with Gasteiger partial charge in [0.25, 0.3) is 0 Å². The van der Waals surface area contributed by atoms with E-state index in [1.807, 2.05) is 17.8 Å². The standard InChI is InChI=1S/C25H28N6/c1-30-19-28-23-22(30)16-26-24(29-23)27-18-25(21-10-6-3-7-11-21)12-14-31(15-13-25)17-20-8-4-2-5-9-20/h2-11,16,19H,12-15,17-18H2,1H3,(H,26,27,29). The van der Waals surface area contributed by atoms with Gasteiger partial charge in [0.05, 0.1) is 12.5 Å². The van der Waals surface area contributed by atoms with Crippen LogP contribution in [0.25, 0.3) is 11.2 Å². The highest BCUT2D eigenvalue weighted by Crippen LogP contribution is 2.36. The fourth-order valence-electron chi connectivity index (χ4n) is 4.59. The highest BCUT2D eigenvalue weighted by atomic mass is 15.2. The number of anilines is 1. The van der Waals surface area contributed by atoms with E-state index in [1.54, 1.807) is 6.33 Å². The summed E-state index contributed by atoms with van der Waals surface area (Å²) in [4.78, 5) is 16.1. The van der Waals surface area contributed by atoms with Crippen molar-refractivity contribution in [3.8, 4) is 0 Å². The van der Waals surface area contributed by atoms with Crippen LogP contribution in [0.3, 0.4) is 0 Å². The third kappa shape index (κ3) is 4.16. The molecule has 0 saturated carbocycles. The van der Waals surface area contributed by atoms with Crippen molar-refractivity contribution >= 4 is 17.1 Å². The molecule has 1 N–H and O–H groups in total. The van der Waals surface area contributed by atoms with Gasteiger partial charge in [-0.25, -0.2) is 9.97 Å². The third-order valence-electron chi connectivity index (χ3n) is 6.52. The Labute approximate surface area is 183 Å². The molecule has 0 unspecified atom stereocenters. The highest BCUT2D eigenvalue weighted by molar-refractivity contribution is 5.70. The van der Waals surface area contributed by atoms with E-state index in [-0.39, 0.29) is 5.41 Å². The molecule has 2 aromatic heterocycles. The van der Waals surface area contributed by atoms with Gasteiger partial charge in [-0.3, -0.25) is 4.90 Å². The van der Waals surface area contributed by atoms with Crippen LogP contribution in [0, 0.1) is 0 Å². The zero-order chi connectivity index (χ0) is 21.1. The number of nitrogens with one attached hydrogen (secondary N) is 1. The Bertz CT molecular complexity index is 1130. The maximum atomic E-state index is 4.61. The van der Waals surface area contributed by atoms with Gasteiger partial charge in [-0.15, -0.1) is 0 Å². The highest BCUT2D eigenvalue weighted by Gasteiger charge is 2.36. The summed E-state index contributed by atoms with van der Waals surface area (Å²) in [6, 6.07) is 21.6. The maximum Gasteiger partial charge on any atom is 0.224 e. The smallest absolute Gasteiger partial charge is 0.224 e. The van der Waals surface area contributed by atoms with Gasteiger partial charge in [0.2, 0.25) is 5.95 Å². The van der Waals surface area contributed by atoms with E-state index in [0.717, 1.165) is 50.2 Å². The van der Waals surface area contributed by atoms with E-state index >= 15 is 0 Å². The number of hydrogen-bond acceptors (Lipinski definition) is 5. The summed E-state index contributed by atoms with van der Waals surface area (Å²) in [6.45, 7) is 3.98. The van der Waals surface area contributed by atoms with Crippen LogP contribution in [0.2, 0.25) is 0 Å². The topological polar surface area (TPSA) is 58.9 Å². The number of hydrogen-bond donors (Lipinski definition) is 1. The second kappa shape index (κ2) is 8.47. The molecule has 6 heteroatoms.